The van der Waals surface area contributed by atoms with Crippen LogP contribution in [0, 0.1) is 6.92 Å². The Bertz CT molecular complexity index is 733. The highest BCUT2D eigenvalue weighted by molar-refractivity contribution is 5.93. The summed E-state index contributed by atoms with van der Waals surface area (Å²) in [6, 6.07) is 4.43. The van der Waals surface area contributed by atoms with Gasteiger partial charge in [0.15, 0.2) is 0 Å². The molecule has 0 unspecified atom stereocenters. The van der Waals surface area contributed by atoms with Gasteiger partial charge >= 0.3 is 0 Å². The molecule has 0 saturated carbocycles. The van der Waals surface area contributed by atoms with E-state index in [0.29, 0.717) is 12.2 Å². The topological polar surface area (TPSA) is 96.9 Å². The van der Waals surface area contributed by atoms with Gasteiger partial charge in [-0.3, -0.25) is 19.0 Å². The zero-order chi connectivity index (χ0) is 14.5. The van der Waals surface area contributed by atoms with Crippen molar-refractivity contribution in [1.29, 1.82) is 0 Å². The lowest BCUT2D eigenvalue weighted by Gasteiger charge is -2.07. The van der Waals surface area contributed by atoms with Crippen LogP contribution in [0.1, 0.15) is 16.1 Å². The summed E-state index contributed by atoms with van der Waals surface area (Å²) in [6.45, 7) is 2.26. The fourth-order valence-electron chi connectivity index (χ4n) is 1.67. The molecular formula is C13H14N4O3. The Morgan fingerprint density at radius 3 is 2.95 bits per heavy atom. The number of aryl methyl sites for hydroxylation is 1. The number of nitrogens with zero attached hydrogens (tertiary/aromatic N) is 2. The Morgan fingerprint density at radius 1 is 1.45 bits per heavy atom. The Labute approximate surface area is 114 Å². The molecule has 0 aromatic carbocycles. The molecule has 2 aromatic heterocycles. The lowest BCUT2D eigenvalue weighted by atomic mass is 10.2. The molecule has 0 atom stereocenters. The van der Waals surface area contributed by atoms with Crippen LogP contribution in [0.5, 0.6) is 0 Å². The molecule has 20 heavy (non-hydrogen) atoms. The van der Waals surface area contributed by atoms with Gasteiger partial charge in [-0.05, 0) is 19.1 Å². The number of amides is 1. The second-order valence-corrected chi connectivity index (χ2v) is 4.23. The van der Waals surface area contributed by atoms with Gasteiger partial charge in [0.1, 0.15) is 5.56 Å². The summed E-state index contributed by atoms with van der Waals surface area (Å²) in [5, 5.41) is 2.58. The molecule has 0 bridgehead atoms. The number of hydrogen-bond acceptors (Lipinski definition) is 4. The van der Waals surface area contributed by atoms with E-state index in [-0.39, 0.29) is 17.7 Å². The van der Waals surface area contributed by atoms with Gasteiger partial charge in [0.05, 0.1) is 6.33 Å². The zero-order valence-corrected chi connectivity index (χ0v) is 10.9. The van der Waals surface area contributed by atoms with Crippen molar-refractivity contribution in [2.45, 2.75) is 13.5 Å². The Kier molecular flexibility index (Phi) is 4.09. The Morgan fingerprint density at radius 2 is 2.25 bits per heavy atom. The van der Waals surface area contributed by atoms with Crippen molar-refractivity contribution < 1.29 is 4.79 Å². The summed E-state index contributed by atoms with van der Waals surface area (Å²) in [4.78, 5) is 41.2. The molecule has 0 spiro atoms. The molecule has 0 saturated heterocycles. The lowest BCUT2D eigenvalue weighted by molar-refractivity contribution is 0.0950. The Balaban J connectivity index is 1.97. The molecule has 0 radical (unpaired) electrons. The maximum absolute atomic E-state index is 11.8. The number of nitrogens with one attached hydrogen (secondary N) is 2. The van der Waals surface area contributed by atoms with E-state index >= 15 is 0 Å². The van der Waals surface area contributed by atoms with Crippen LogP contribution in [0.15, 0.2) is 40.3 Å². The maximum atomic E-state index is 11.8. The minimum Gasteiger partial charge on any atom is -0.350 e. The fourth-order valence-corrected chi connectivity index (χ4v) is 1.67. The predicted octanol–water partition coefficient (Wildman–Crippen LogP) is -0.330. The minimum atomic E-state index is -0.472. The van der Waals surface area contributed by atoms with Crippen LogP contribution >= 0.6 is 0 Å². The second kappa shape index (κ2) is 5.96. The molecule has 7 nitrogen and oxygen atoms in total. The predicted molar refractivity (Wildman–Crippen MR) is 72.6 cm³/mol. The number of H-pyrrole nitrogens is 1. The summed E-state index contributed by atoms with van der Waals surface area (Å²) in [5.74, 6) is -0.472. The zero-order valence-electron chi connectivity index (χ0n) is 10.9. The third-order valence-electron chi connectivity index (χ3n) is 2.72. The van der Waals surface area contributed by atoms with Gasteiger partial charge in [-0.1, -0.05) is 0 Å². The van der Waals surface area contributed by atoms with Crippen molar-refractivity contribution in [3.8, 4) is 0 Å². The highest BCUT2D eigenvalue weighted by atomic mass is 16.2. The van der Waals surface area contributed by atoms with Crippen molar-refractivity contribution in [2.75, 3.05) is 6.54 Å². The quantitative estimate of drug-likeness (QED) is 0.797. The smallest absolute Gasteiger partial charge is 0.260 e. The molecule has 2 N–H and O–H groups in total. The number of carbonyl (C=O) groups excluding carboxylic acids is 1. The second-order valence-electron chi connectivity index (χ2n) is 4.23. The van der Waals surface area contributed by atoms with Crippen molar-refractivity contribution in [3.63, 3.8) is 0 Å². The van der Waals surface area contributed by atoms with E-state index in [2.05, 4.69) is 15.3 Å². The van der Waals surface area contributed by atoms with Gasteiger partial charge in [0.2, 0.25) is 0 Å². The van der Waals surface area contributed by atoms with Crippen LogP contribution < -0.4 is 16.4 Å². The van der Waals surface area contributed by atoms with E-state index < -0.39 is 11.5 Å². The highest BCUT2D eigenvalue weighted by Gasteiger charge is 2.08. The van der Waals surface area contributed by atoms with Crippen molar-refractivity contribution >= 4 is 5.91 Å². The molecule has 0 aliphatic rings. The first-order valence-corrected chi connectivity index (χ1v) is 6.07. The summed E-state index contributed by atoms with van der Waals surface area (Å²) in [6.07, 6.45) is 2.88. The van der Waals surface area contributed by atoms with Crippen LogP contribution in [-0.4, -0.2) is 27.0 Å². The third kappa shape index (κ3) is 3.19. The molecule has 0 aliphatic carbocycles. The monoisotopic (exact) mass is 274 g/mol. The summed E-state index contributed by atoms with van der Waals surface area (Å²) < 4.78 is 1.39. The average molecular weight is 274 g/mol. The van der Waals surface area contributed by atoms with E-state index in [1.54, 1.807) is 13.0 Å². The van der Waals surface area contributed by atoms with Crippen LogP contribution in [0.25, 0.3) is 0 Å². The van der Waals surface area contributed by atoms with Crippen LogP contribution in [0.4, 0.5) is 0 Å². The first-order valence-electron chi connectivity index (χ1n) is 6.07. The number of aromatic nitrogens is 3. The van der Waals surface area contributed by atoms with Gasteiger partial charge in [0, 0.05) is 31.0 Å². The molecule has 2 heterocycles. The van der Waals surface area contributed by atoms with E-state index in [0.717, 1.165) is 0 Å². The SMILES string of the molecule is Cc1cc(=O)n(CCNC(=O)c2ccc[nH]c2=O)cn1. The van der Waals surface area contributed by atoms with E-state index in [1.807, 2.05) is 0 Å². The van der Waals surface area contributed by atoms with Crippen molar-refractivity contribution in [2.24, 2.45) is 0 Å². The molecule has 104 valence electrons. The largest absolute Gasteiger partial charge is 0.350 e. The van der Waals surface area contributed by atoms with Gasteiger partial charge in [-0.25, -0.2) is 4.98 Å². The fraction of sp³-hybridized carbons (Fsp3) is 0.231. The molecule has 0 fully saturated rings. The minimum absolute atomic E-state index is 0.0434. The van der Waals surface area contributed by atoms with E-state index in [1.165, 1.54) is 29.2 Å². The summed E-state index contributed by atoms with van der Waals surface area (Å²) in [7, 11) is 0. The van der Waals surface area contributed by atoms with Crippen molar-refractivity contribution in [1.82, 2.24) is 19.9 Å². The first-order chi connectivity index (χ1) is 9.58. The number of aromatic amines is 1. The molecule has 0 aliphatic heterocycles. The number of carbonyl (C=O) groups is 1. The summed E-state index contributed by atoms with van der Waals surface area (Å²) >= 11 is 0. The molecule has 7 heteroatoms. The average Bonchev–Trinajstić information content (AvgIpc) is 2.41. The normalized spacial score (nSPS) is 10.2. The Hall–Kier alpha value is -2.70. The van der Waals surface area contributed by atoms with Gasteiger partial charge < -0.3 is 10.3 Å². The van der Waals surface area contributed by atoms with Gasteiger partial charge in [-0.2, -0.15) is 0 Å². The van der Waals surface area contributed by atoms with Crippen molar-refractivity contribution in [3.05, 3.63) is 62.7 Å². The van der Waals surface area contributed by atoms with Crippen LogP contribution in [0.3, 0.4) is 0 Å². The van der Waals surface area contributed by atoms with Crippen LogP contribution in [-0.2, 0) is 6.54 Å². The maximum Gasteiger partial charge on any atom is 0.260 e. The number of pyridine rings is 1. The molecule has 2 rings (SSSR count). The first kappa shape index (κ1) is 13.7. The van der Waals surface area contributed by atoms with Crippen LogP contribution in [0.2, 0.25) is 0 Å². The molecule has 2 aromatic rings. The van der Waals surface area contributed by atoms with Gasteiger partial charge in [-0.15, -0.1) is 0 Å². The van der Waals surface area contributed by atoms with E-state index in [4.69, 9.17) is 0 Å². The third-order valence-corrected chi connectivity index (χ3v) is 2.72. The highest BCUT2D eigenvalue weighted by Crippen LogP contribution is 1.89. The van der Waals surface area contributed by atoms with Gasteiger partial charge in [0.25, 0.3) is 17.0 Å². The molecular weight excluding hydrogens is 260 g/mol. The molecule has 1 amide bonds. The standard InChI is InChI=1S/C13H14N4O3/c1-9-7-11(18)17(8-16-9)6-5-15-13(20)10-3-2-4-14-12(10)19/h2-4,7-8H,5-6H2,1H3,(H,14,19)(H,15,20). The number of hydrogen-bond donors (Lipinski definition) is 2. The van der Waals surface area contributed by atoms with E-state index in [9.17, 15) is 14.4 Å². The number of rotatable bonds is 4. The lowest BCUT2D eigenvalue weighted by Crippen LogP contribution is -2.33. The summed E-state index contributed by atoms with van der Waals surface area (Å²) in [5.41, 5.74) is 0.0662.